The maximum absolute atomic E-state index is 13.0. The molecule has 0 saturated carbocycles. The van der Waals surface area contributed by atoms with E-state index in [4.69, 9.17) is 14.7 Å². The number of halogens is 1. The molecule has 0 radical (unpaired) electrons. The topological polar surface area (TPSA) is 42.2 Å². The number of rotatable bonds is 5. The van der Waals surface area contributed by atoms with Gasteiger partial charge in [-0.25, -0.2) is 4.39 Å². The number of nitrogens with zero attached hydrogens (tertiary/aromatic N) is 1. The number of nitriles is 1. The third kappa shape index (κ3) is 3.61. The van der Waals surface area contributed by atoms with Gasteiger partial charge in [0.2, 0.25) is 0 Å². The standard InChI is InChI=1S/C12H14FNO2/c1-9(7-15-2)16-8-11-5-12(13)4-3-10(11)6-14/h3-5,9H,7-8H2,1-2H3. The van der Waals surface area contributed by atoms with E-state index in [1.165, 1.54) is 18.2 Å². The molecule has 0 fully saturated rings. The van der Waals surface area contributed by atoms with Crippen LogP contribution in [0.5, 0.6) is 0 Å². The molecule has 0 aliphatic heterocycles. The summed E-state index contributed by atoms with van der Waals surface area (Å²) < 4.78 is 23.3. The van der Waals surface area contributed by atoms with E-state index in [-0.39, 0.29) is 18.5 Å². The predicted octanol–water partition coefficient (Wildman–Crippen LogP) is 2.25. The smallest absolute Gasteiger partial charge is 0.123 e. The maximum atomic E-state index is 13.0. The summed E-state index contributed by atoms with van der Waals surface area (Å²) in [6, 6.07) is 6.04. The van der Waals surface area contributed by atoms with E-state index in [0.29, 0.717) is 17.7 Å². The van der Waals surface area contributed by atoms with Crippen LogP contribution in [0.3, 0.4) is 0 Å². The first-order chi connectivity index (χ1) is 7.67. The van der Waals surface area contributed by atoms with Gasteiger partial charge in [-0.2, -0.15) is 5.26 Å². The first-order valence-corrected chi connectivity index (χ1v) is 4.96. The summed E-state index contributed by atoms with van der Waals surface area (Å²) in [5, 5.41) is 8.83. The Labute approximate surface area is 94.4 Å². The first-order valence-electron chi connectivity index (χ1n) is 4.96. The Balaban J connectivity index is 2.66. The van der Waals surface area contributed by atoms with Crippen molar-refractivity contribution in [2.45, 2.75) is 19.6 Å². The van der Waals surface area contributed by atoms with Crippen molar-refractivity contribution in [3.05, 3.63) is 35.1 Å². The molecule has 1 aromatic carbocycles. The number of methoxy groups -OCH3 is 1. The zero-order valence-corrected chi connectivity index (χ0v) is 9.37. The SMILES string of the molecule is COCC(C)OCc1cc(F)ccc1C#N. The molecule has 0 N–H and O–H groups in total. The van der Waals surface area contributed by atoms with E-state index in [1.807, 2.05) is 13.0 Å². The van der Waals surface area contributed by atoms with Crippen LogP contribution in [0.1, 0.15) is 18.1 Å². The van der Waals surface area contributed by atoms with Crippen LogP contribution in [0.2, 0.25) is 0 Å². The summed E-state index contributed by atoms with van der Waals surface area (Å²) in [5.41, 5.74) is 0.997. The monoisotopic (exact) mass is 223 g/mol. The molecular formula is C12H14FNO2. The quantitative estimate of drug-likeness (QED) is 0.768. The number of benzene rings is 1. The van der Waals surface area contributed by atoms with Crippen LogP contribution in [0.15, 0.2) is 18.2 Å². The molecule has 1 rings (SSSR count). The van der Waals surface area contributed by atoms with Gasteiger partial charge in [0.05, 0.1) is 31.0 Å². The molecule has 0 spiro atoms. The molecule has 86 valence electrons. The molecule has 0 bridgehead atoms. The van der Waals surface area contributed by atoms with Crippen LogP contribution in [0, 0.1) is 17.1 Å². The highest BCUT2D eigenvalue weighted by Gasteiger charge is 2.07. The molecule has 0 aliphatic carbocycles. The summed E-state index contributed by atoms with van der Waals surface area (Å²) in [6.07, 6.45) is -0.0835. The second-order valence-electron chi connectivity index (χ2n) is 3.49. The second-order valence-corrected chi connectivity index (χ2v) is 3.49. The van der Waals surface area contributed by atoms with Gasteiger partial charge in [-0.3, -0.25) is 0 Å². The van der Waals surface area contributed by atoms with Crippen molar-refractivity contribution in [3.8, 4) is 6.07 Å². The fourth-order valence-corrected chi connectivity index (χ4v) is 1.31. The molecule has 1 unspecified atom stereocenters. The second kappa shape index (κ2) is 6.21. The molecular weight excluding hydrogens is 209 g/mol. The molecule has 1 aromatic rings. The van der Waals surface area contributed by atoms with E-state index in [9.17, 15) is 4.39 Å². The molecule has 16 heavy (non-hydrogen) atoms. The van der Waals surface area contributed by atoms with E-state index in [0.717, 1.165) is 0 Å². The van der Waals surface area contributed by atoms with Crippen LogP contribution < -0.4 is 0 Å². The maximum Gasteiger partial charge on any atom is 0.123 e. The molecule has 4 heteroatoms. The number of hydrogen-bond donors (Lipinski definition) is 0. The molecule has 0 amide bonds. The number of hydrogen-bond acceptors (Lipinski definition) is 3. The van der Waals surface area contributed by atoms with Gasteiger partial charge in [-0.05, 0) is 30.7 Å². The summed E-state index contributed by atoms with van der Waals surface area (Å²) in [6.45, 7) is 2.54. The van der Waals surface area contributed by atoms with Crippen molar-refractivity contribution < 1.29 is 13.9 Å². The Morgan fingerprint density at radius 2 is 2.25 bits per heavy atom. The van der Waals surface area contributed by atoms with Gasteiger partial charge in [-0.1, -0.05) is 0 Å². The van der Waals surface area contributed by atoms with E-state index in [1.54, 1.807) is 7.11 Å². The summed E-state index contributed by atoms with van der Waals surface area (Å²) in [7, 11) is 1.59. The average molecular weight is 223 g/mol. The largest absolute Gasteiger partial charge is 0.382 e. The van der Waals surface area contributed by atoms with Crippen molar-refractivity contribution in [2.75, 3.05) is 13.7 Å². The van der Waals surface area contributed by atoms with Crippen molar-refractivity contribution in [3.63, 3.8) is 0 Å². The van der Waals surface area contributed by atoms with Crippen molar-refractivity contribution >= 4 is 0 Å². The van der Waals surface area contributed by atoms with Crippen molar-refractivity contribution in [1.29, 1.82) is 5.26 Å². The lowest BCUT2D eigenvalue weighted by atomic mass is 10.1. The molecule has 0 aromatic heterocycles. The van der Waals surface area contributed by atoms with E-state index in [2.05, 4.69) is 0 Å². The summed E-state index contributed by atoms with van der Waals surface area (Å²) >= 11 is 0. The fourth-order valence-electron chi connectivity index (χ4n) is 1.31. The van der Waals surface area contributed by atoms with Crippen LogP contribution in [-0.4, -0.2) is 19.8 Å². The third-order valence-corrected chi connectivity index (χ3v) is 2.11. The Kier molecular flexibility index (Phi) is 4.90. The van der Waals surface area contributed by atoms with Gasteiger partial charge in [0, 0.05) is 7.11 Å². The molecule has 0 saturated heterocycles. The summed E-state index contributed by atoms with van der Waals surface area (Å²) in [5.74, 6) is -0.364. The van der Waals surface area contributed by atoms with Crippen molar-refractivity contribution in [1.82, 2.24) is 0 Å². The Morgan fingerprint density at radius 3 is 2.88 bits per heavy atom. The Hall–Kier alpha value is -1.44. The Bertz CT molecular complexity index is 387. The first kappa shape index (κ1) is 12.6. The van der Waals surface area contributed by atoms with Crippen LogP contribution in [0.4, 0.5) is 4.39 Å². The van der Waals surface area contributed by atoms with E-state index < -0.39 is 0 Å². The van der Waals surface area contributed by atoms with Gasteiger partial charge >= 0.3 is 0 Å². The highest BCUT2D eigenvalue weighted by molar-refractivity contribution is 5.37. The highest BCUT2D eigenvalue weighted by atomic mass is 19.1. The highest BCUT2D eigenvalue weighted by Crippen LogP contribution is 2.12. The van der Waals surface area contributed by atoms with Gasteiger partial charge in [-0.15, -0.1) is 0 Å². The average Bonchev–Trinajstić information content (AvgIpc) is 2.27. The molecule has 0 aliphatic rings. The normalized spacial score (nSPS) is 12.1. The van der Waals surface area contributed by atoms with Crippen molar-refractivity contribution in [2.24, 2.45) is 0 Å². The lowest BCUT2D eigenvalue weighted by Gasteiger charge is -2.12. The molecule has 0 heterocycles. The van der Waals surface area contributed by atoms with Gasteiger partial charge < -0.3 is 9.47 Å². The van der Waals surface area contributed by atoms with Crippen LogP contribution in [-0.2, 0) is 16.1 Å². The zero-order chi connectivity index (χ0) is 12.0. The Morgan fingerprint density at radius 1 is 1.50 bits per heavy atom. The zero-order valence-electron chi connectivity index (χ0n) is 9.37. The van der Waals surface area contributed by atoms with E-state index >= 15 is 0 Å². The van der Waals surface area contributed by atoms with Crippen LogP contribution in [0.25, 0.3) is 0 Å². The van der Waals surface area contributed by atoms with Gasteiger partial charge in [0.25, 0.3) is 0 Å². The lowest BCUT2D eigenvalue weighted by molar-refractivity contribution is -0.000276. The lowest BCUT2D eigenvalue weighted by Crippen LogP contribution is -2.14. The van der Waals surface area contributed by atoms with Gasteiger partial charge in [0.1, 0.15) is 5.82 Å². The number of ether oxygens (including phenoxy) is 2. The summed E-state index contributed by atoms with van der Waals surface area (Å²) in [4.78, 5) is 0. The minimum Gasteiger partial charge on any atom is -0.382 e. The molecule has 1 atom stereocenters. The fraction of sp³-hybridized carbons (Fsp3) is 0.417. The molecule has 3 nitrogen and oxygen atoms in total. The predicted molar refractivity (Wildman–Crippen MR) is 57.2 cm³/mol. The minimum atomic E-state index is -0.364. The minimum absolute atomic E-state index is 0.0835. The van der Waals surface area contributed by atoms with Crippen LogP contribution >= 0.6 is 0 Å². The van der Waals surface area contributed by atoms with Gasteiger partial charge in [0.15, 0.2) is 0 Å². The third-order valence-electron chi connectivity index (χ3n) is 2.11.